The van der Waals surface area contributed by atoms with Crippen molar-refractivity contribution in [2.45, 2.75) is 11.3 Å². The van der Waals surface area contributed by atoms with E-state index in [1.165, 1.54) is 12.3 Å². The summed E-state index contributed by atoms with van der Waals surface area (Å²) in [6, 6.07) is 7.08. The quantitative estimate of drug-likeness (QED) is 0.747. The Balaban J connectivity index is 1.90. The highest BCUT2D eigenvalue weighted by atomic mass is 32.2. The number of hydrogen-bond acceptors (Lipinski definition) is 7. The van der Waals surface area contributed by atoms with E-state index in [4.69, 9.17) is 0 Å². The molecule has 0 radical (unpaired) electrons. The first-order valence-electron chi connectivity index (χ1n) is 8.13. The van der Waals surface area contributed by atoms with Crippen LogP contribution in [0.2, 0.25) is 0 Å². The van der Waals surface area contributed by atoms with Crippen LogP contribution in [0.15, 0.2) is 58.0 Å². The Morgan fingerprint density at radius 3 is 2.89 bits per heavy atom. The highest BCUT2D eigenvalue weighted by molar-refractivity contribution is 7.84. The van der Waals surface area contributed by atoms with Gasteiger partial charge in [-0.15, -0.1) is 0 Å². The number of rotatable bonds is 6. The number of hydrogen-bond donors (Lipinski definition) is 2. The molecule has 9 heteroatoms. The van der Waals surface area contributed by atoms with Gasteiger partial charge in [0.2, 0.25) is 5.91 Å². The number of nitrogens with one attached hydrogen (secondary N) is 2. The van der Waals surface area contributed by atoms with Gasteiger partial charge < -0.3 is 10.6 Å². The second kappa shape index (κ2) is 8.45. The van der Waals surface area contributed by atoms with Crippen LogP contribution in [0.4, 0.5) is 23.1 Å². The highest BCUT2D eigenvalue weighted by Gasteiger charge is 2.12. The van der Waals surface area contributed by atoms with Crippen molar-refractivity contribution in [3.8, 4) is 0 Å². The number of amides is 1. The van der Waals surface area contributed by atoms with E-state index in [0.29, 0.717) is 28.6 Å². The molecule has 1 atom stereocenters. The van der Waals surface area contributed by atoms with Crippen LogP contribution >= 0.6 is 0 Å². The first kappa shape index (κ1) is 18.6. The molecule has 0 spiro atoms. The SMILES string of the molecule is C=CC(=O)Nc1cccc(Nc2nc(N=C3C=NCC3)ncc2S(C)=O)c1. The summed E-state index contributed by atoms with van der Waals surface area (Å²) < 4.78 is 12.0. The van der Waals surface area contributed by atoms with E-state index in [0.717, 1.165) is 12.1 Å². The summed E-state index contributed by atoms with van der Waals surface area (Å²) in [6.45, 7) is 4.14. The van der Waals surface area contributed by atoms with Crippen molar-refractivity contribution in [2.24, 2.45) is 9.98 Å². The molecule has 0 saturated carbocycles. The molecule has 3 rings (SSSR count). The maximum Gasteiger partial charge on any atom is 0.251 e. The maximum atomic E-state index is 12.0. The minimum absolute atomic E-state index is 0.270. The van der Waals surface area contributed by atoms with Crippen LogP contribution in [-0.4, -0.2) is 44.8 Å². The largest absolute Gasteiger partial charge is 0.339 e. The third-order valence-electron chi connectivity index (χ3n) is 3.61. The average Bonchev–Trinajstić information content (AvgIpc) is 3.15. The Bertz CT molecular complexity index is 970. The second-order valence-electron chi connectivity index (χ2n) is 5.62. The van der Waals surface area contributed by atoms with Gasteiger partial charge in [-0.25, -0.2) is 9.98 Å². The number of nitrogens with zero attached hydrogens (tertiary/aromatic N) is 4. The number of carbonyl (C=O) groups is 1. The van der Waals surface area contributed by atoms with Crippen LogP contribution < -0.4 is 10.6 Å². The zero-order chi connectivity index (χ0) is 19.2. The van der Waals surface area contributed by atoms with Crippen molar-refractivity contribution >= 4 is 51.8 Å². The van der Waals surface area contributed by atoms with Crippen LogP contribution in [0.25, 0.3) is 0 Å². The predicted octanol–water partition coefficient (Wildman–Crippen LogP) is 2.63. The predicted molar refractivity (Wildman–Crippen MR) is 108 cm³/mol. The van der Waals surface area contributed by atoms with Crippen molar-refractivity contribution < 1.29 is 9.00 Å². The molecule has 8 nitrogen and oxygen atoms in total. The molecule has 1 aromatic carbocycles. The Hall–Kier alpha value is -3.20. The van der Waals surface area contributed by atoms with E-state index in [1.54, 1.807) is 30.7 Å². The van der Waals surface area contributed by atoms with Crippen LogP contribution in [0, 0.1) is 0 Å². The molecule has 0 saturated heterocycles. The lowest BCUT2D eigenvalue weighted by atomic mass is 10.2. The molecule has 1 aromatic heterocycles. The minimum Gasteiger partial charge on any atom is -0.339 e. The van der Waals surface area contributed by atoms with Gasteiger partial charge in [-0.2, -0.15) is 4.98 Å². The smallest absolute Gasteiger partial charge is 0.251 e. The molecule has 0 bridgehead atoms. The van der Waals surface area contributed by atoms with Crippen molar-refractivity contribution in [1.82, 2.24) is 9.97 Å². The van der Waals surface area contributed by atoms with Crippen LogP contribution in [0.1, 0.15) is 6.42 Å². The van der Waals surface area contributed by atoms with Gasteiger partial charge in [0, 0.05) is 36.8 Å². The number of carbonyl (C=O) groups excluding carboxylic acids is 1. The average molecular weight is 382 g/mol. The lowest BCUT2D eigenvalue weighted by Crippen LogP contribution is -2.07. The van der Waals surface area contributed by atoms with Crippen molar-refractivity contribution in [2.75, 3.05) is 23.4 Å². The Morgan fingerprint density at radius 1 is 1.37 bits per heavy atom. The molecular formula is C18H18N6O2S. The summed E-state index contributed by atoms with van der Waals surface area (Å²) in [5.74, 6) is 0.361. The lowest BCUT2D eigenvalue weighted by molar-refractivity contribution is -0.111. The molecule has 2 heterocycles. The molecule has 1 amide bonds. The third kappa shape index (κ3) is 4.91. The van der Waals surface area contributed by atoms with Gasteiger partial charge in [0.05, 0.1) is 27.6 Å². The molecule has 138 valence electrons. The van der Waals surface area contributed by atoms with Gasteiger partial charge >= 0.3 is 0 Å². The van der Waals surface area contributed by atoms with Crippen LogP contribution in [-0.2, 0) is 15.6 Å². The van der Waals surface area contributed by atoms with Gasteiger partial charge in [-0.3, -0.25) is 14.0 Å². The van der Waals surface area contributed by atoms with Gasteiger partial charge in [0.15, 0.2) is 5.82 Å². The number of anilines is 3. The maximum absolute atomic E-state index is 12.0. The third-order valence-corrected chi connectivity index (χ3v) is 4.53. The molecule has 0 fully saturated rings. The molecule has 1 unspecified atom stereocenters. The summed E-state index contributed by atoms with van der Waals surface area (Å²) in [6.07, 6.45) is 6.70. The van der Waals surface area contributed by atoms with E-state index in [2.05, 4.69) is 37.2 Å². The van der Waals surface area contributed by atoms with E-state index >= 15 is 0 Å². The Labute approximate surface area is 159 Å². The molecular weight excluding hydrogens is 364 g/mol. The lowest BCUT2D eigenvalue weighted by Gasteiger charge is -2.11. The van der Waals surface area contributed by atoms with Crippen molar-refractivity contribution in [3.05, 3.63) is 43.1 Å². The summed E-state index contributed by atoms with van der Waals surface area (Å²) >= 11 is 0. The molecule has 27 heavy (non-hydrogen) atoms. The van der Waals surface area contributed by atoms with E-state index in [9.17, 15) is 9.00 Å². The number of aromatic nitrogens is 2. The fourth-order valence-corrected chi connectivity index (χ4v) is 2.92. The van der Waals surface area contributed by atoms with Crippen molar-refractivity contribution in [3.63, 3.8) is 0 Å². The van der Waals surface area contributed by atoms with Gasteiger partial charge in [0.25, 0.3) is 5.95 Å². The highest BCUT2D eigenvalue weighted by Crippen LogP contribution is 2.25. The van der Waals surface area contributed by atoms with E-state index < -0.39 is 10.8 Å². The summed E-state index contributed by atoms with van der Waals surface area (Å²) in [5.41, 5.74) is 2.07. The molecule has 2 aromatic rings. The van der Waals surface area contributed by atoms with Crippen LogP contribution in [0.5, 0.6) is 0 Å². The summed E-state index contributed by atoms with van der Waals surface area (Å²) in [4.78, 5) is 29.0. The van der Waals surface area contributed by atoms with Gasteiger partial charge in [-0.1, -0.05) is 12.6 Å². The Morgan fingerprint density at radius 2 is 2.19 bits per heavy atom. The van der Waals surface area contributed by atoms with Crippen LogP contribution in [0.3, 0.4) is 0 Å². The summed E-state index contributed by atoms with van der Waals surface area (Å²) in [7, 11) is -1.29. The fourth-order valence-electron chi connectivity index (χ4n) is 2.35. The zero-order valence-electron chi connectivity index (χ0n) is 14.7. The molecule has 1 aliphatic heterocycles. The first-order chi connectivity index (χ1) is 13.0. The summed E-state index contributed by atoms with van der Waals surface area (Å²) in [5, 5.41) is 5.82. The minimum atomic E-state index is -1.29. The van der Waals surface area contributed by atoms with E-state index in [-0.39, 0.29) is 11.9 Å². The monoisotopic (exact) mass is 382 g/mol. The van der Waals surface area contributed by atoms with Gasteiger partial charge in [-0.05, 0) is 24.3 Å². The standard InChI is InChI=1S/C18H18N6O2S/c1-3-16(25)21-12-5-4-6-13(9-12)22-17-15(27(2)26)11-20-18(24-17)23-14-7-8-19-10-14/h3-6,9-11H,1,7-8H2,2H3,(H,21,25)(H,20,22,24). The molecule has 0 aliphatic carbocycles. The second-order valence-corrected chi connectivity index (χ2v) is 6.97. The van der Waals surface area contributed by atoms with E-state index in [1.807, 2.05) is 6.07 Å². The topological polar surface area (TPSA) is 109 Å². The van der Waals surface area contributed by atoms with Gasteiger partial charge in [0.1, 0.15) is 0 Å². The number of aliphatic imine (C=N–C) groups is 2. The van der Waals surface area contributed by atoms with Crippen molar-refractivity contribution in [1.29, 1.82) is 0 Å². The number of benzene rings is 1. The molecule has 1 aliphatic rings. The fraction of sp³-hybridized carbons (Fsp3) is 0.167. The Kier molecular flexibility index (Phi) is 5.82. The first-order valence-corrected chi connectivity index (χ1v) is 9.69. The zero-order valence-corrected chi connectivity index (χ0v) is 15.5. The molecule has 2 N–H and O–H groups in total. The normalized spacial score (nSPS) is 15.5.